The van der Waals surface area contributed by atoms with E-state index < -0.39 is 0 Å². The fourth-order valence-electron chi connectivity index (χ4n) is 2.30. The second-order valence-electron chi connectivity index (χ2n) is 4.71. The summed E-state index contributed by atoms with van der Waals surface area (Å²) in [6.45, 7) is 1.84. The van der Waals surface area contributed by atoms with E-state index in [9.17, 15) is 0 Å². The maximum absolute atomic E-state index is 7.36. The van der Waals surface area contributed by atoms with Crippen molar-refractivity contribution in [3.05, 3.63) is 23.9 Å². The van der Waals surface area contributed by atoms with Crippen molar-refractivity contribution in [1.29, 1.82) is 5.41 Å². The van der Waals surface area contributed by atoms with Crippen molar-refractivity contribution in [1.82, 2.24) is 9.88 Å². The van der Waals surface area contributed by atoms with E-state index >= 15 is 0 Å². The number of likely N-dealkylation sites (tertiary alicyclic amines) is 1. The van der Waals surface area contributed by atoms with Gasteiger partial charge in [-0.1, -0.05) is 0 Å². The van der Waals surface area contributed by atoms with Crippen LogP contribution in [0, 0.1) is 5.41 Å². The number of aromatic nitrogens is 1. The first-order valence-corrected chi connectivity index (χ1v) is 6.30. The first-order chi connectivity index (χ1) is 8.66. The zero-order valence-corrected chi connectivity index (χ0v) is 10.7. The molecule has 5 nitrogen and oxygen atoms in total. The number of hydrogen-bond acceptors (Lipinski definition) is 4. The predicted octanol–water partition coefficient (Wildman–Crippen LogP) is 1.23. The lowest BCUT2D eigenvalue weighted by atomic mass is 10.1. The fourth-order valence-corrected chi connectivity index (χ4v) is 2.30. The molecule has 0 saturated carbocycles. The van der Waals surface area contributed by atoms with Gasteiger partial charge in [0.15, 0.2) is 0 Å². The number of hydrogen-bond donors (Lipinski definition) is 2. The first-order valence-electron chi connectivity index (χ1n) is 6.30. The monoisotopic (exact) mass is 248 g/mol. The van der Waals surface area contributed by atoms with Gasteiger partial charge in [0.25, 0.3) is 0 Å². The standard InChI is InChI=1S/C13H20N4O/c1-17-7-2-3-11(17)5-8-18-12-9-10(13(14)15)4-6-16-12/h4,6,9,11H,2-3,5,7-8H2,1H3,(H3,14,15). The van der Waals surface area contributed by atoms with E-state index in [1.807, 2.05) is 0 Å². The Bertz CT molecular complexity index is 421. The van der Waals surface area contributed by atoms with E-state index in [-0.39, 0.29) is 5.84 Å². The number of rotatable bonds is 5. The molecular formula is C13H20N4O. The number of nitrogens with one attached hydrogen (secondary N) is 1. The molecule has 1 aliphatic heterocycles. The van der Waals surface area contributed by atoms with Crippen LogP contribution in [0.15, 0.2) is 18.3 Å². The van der Waals surface area contributed by atoms with Crippen molar-refractivity contribution in [3.8, 4) is 5.88 Å². The normalized spacial score (nSPS) is 19.9. The van der Waals surface area contributed by atoms with E-state index in [1.54, 1.807) is 18.3 Å². The summed E-state index contributed by atoms with van der Waals surface area (Å²) >= 11 is 0. The molecule has 0 spiro atoms. The van der Waals surface area contributed by atoms with Crippen LogP contribution in [-0.2, 0) is 0 Å². The van der Waals surface area contributed by atoms with Crippen LogP contribution >= 0.6 is 0 Å². The van der Waals surface area contributed by atoms with Gasteiger partial charge in [0.05, 0.1) is 6.61 Å². The maximum Gasteiger partial charge on any atom is 0.213 e. The van der Waals surface area contributed by atoms with Crippen LogP contribution in [0.1, 0.15) is 24.8 Å². The van der Waals surface area contributed by atoms with Crippen LogP contribution in [-0.4, -0.2) is 42.0 Å². The number of ether oxygens (including phenoxy) is 1. The predicted molar refractivity (Wildman–Crippen MR) is 71.0 cm³/mol. The van der Waals surface area contributed by atoms with Gasteiger partial charge in [-0.2, -0.15) is 0 Å². The highest BCUT2D eigenvalue weighted by Gasteiger charge is 2.20. The Morgan fingerprint density at radius 2 is 2.50 bits per heavy atom. The molecule has 2 heterocycles. The summed E-state index contributed by atoms with van der Waals surface area (Å²) in [5, 5.41) is 7.36. The molecule has 18 heavy (non-hydrogen) atoms. The van der Waals surface area contributed by atoms with Gasteiger partial charge < -0.3 is 15.4 Å². The zero-order valence-electron chi connectivity index (χ0n) is 10.7. The molecule has 1 unspecified atom stereocenters. The third-order valence-electron chi connectivity index (χ3n) is 3.42. The Balaban J connectivity index is 1.83. The van der Waals surface area contributed by atoms with Gasteiger partial charge in [-0.15, -0.1) is 0 Å². The van der Waals surface area contributed by atoms with Crippen LogP contribution in [0.3, 0.4) is 0 Å². The summed E-state index contributed by atoms with van der Waals surface area (Å²) in [7, 11) is 2.16. The summed E-state index contributed by atoms with van der Waals surface area (Å²) in [4.78, 5) is 6.49. The number of nitrogens with zero attached hydrogens (tertiary/aromatic N) is 2. The lowest BCUT2D eigenvalue weighted by molar-refractivity contribution is 0.228. The summed E-state index contributed by atoms with van der Waals surface area (Å²) in [6.07, 6.45) is 5.16. The van der Waals surface area contributed by atoms with Gasteiger partial charge in [-0.25, -0.2) is 4.98 Å². The van der Waals surface area contributed by atoms with Gasteiger partial charge in [0, 0.05) is 23.9 Å². The van der Waals surface area contributed by atoms with E-state index in [0.29, 0.717) is 24.1 Å². The van der Waals surface area contributed by atoms with E-state index in [2.05, 4.69) is 16.9 Å². The molecule has 2 rings (SSSR count). The van der Waals surface area contributed by atoms with Crippen LogP contribution in [0.4, 0.5) is 0 Å². The third-order valence-corrected chi connectivity index (χ3v) is 3.42. The number of nitrogens with two attached hydrogens (primary N) is 1. The first kappa shape index (κ1) is 12.8. The second kappa shape index (κ2) is 5.82. The van der Waals surface area contributed by atoms with Crippen LogP contribution < -0.4 is 10.5 Å². The Morgan fingerprint density at radius 3 is 3.17 bits per heavy atom. The summed E-state index contributed by atoms with van der Waals surface area (Å²) in [6, 6.07) is 4.04. The van der Waals surface area contributed by atoms with Crippen molar-refractivity contribution in [3.63, 3.8) is 0 Å². The Hall–Kier alpha value is -1.62. The van der Waals surface area contributed by atoms with Crippen LogP contribution in [0.2, 0.25) is 0 Å². The SMILES string of the molecule is CN1CCCC1CCOc1cc(C(=N)N)ccn1. The van der Waals surface area contributed by atoms with Gasteiger partial charge in [0.1, 0.15) is 5.84 Å². The minimum atomic E-state index is 0.0396. The molecule has 0 amide bonds. The van der Waals surface area contributed by atoms with Gasteiger partial charge in [-0.05, 0) is 38.9 Å². The van der Waals surface area contributed by atoms with Crippen molar-refractivity contribution in [2.75, 3.05) is 20.2 Å². The Kier molecular flexibility index (Phi) is 4.15. The Morgan fingerprint density at radius 1 is 1.67 bits per heavy atom. The molecule has 1 saturated heterocycles. The average Bonchev–Trinajstić information content (AvgIpc) is 2.76. The topological polar surface area (TPSA) is 75.2 Å². The zero-order chi connectivity index (χ0) is 13.0. The van der Waals surface area contributed by atoms with Gasteiger partial charge in [0.2, 0.25) is 5.88 Å². The largest absolute Gasteiger partial charge is 0.478 e. The summed E-state index contributed by atoms with van der Waals surface area (Å²) in [5.41, 5.74) is 6.07. The smallest absolute Gasteiger partial charge is 0.213 e. The lowest BCUT2D eigenvalue weighted by Crippen LogP contribution is -2.26. The molecule has 1 atom stereocenters. The second-order valence-corrected chi connectivity index (χ2v) is 4.71. The maximum atomic E-state index is 7.36. The lowest BCUT2D eigenvalue weighted by Gasteiger charge is -2.19. The molecule has 0 radical (unpaired) electrons. The Labute approximate surface area is 107 Å². The summed E-state index contributed by atoms with van der Waals surface area (Å²) < 4.78 is 5.62. The van der Waals surface area contributed by atoms with Crippen LogP contribution in [0.5, 0.6) is 5.88 Å². The molecule has 1 aromatic rings. The molecule has 98 valence electrons. The van der Waals surface area contributed by atoms with Crippen molar-refractivity contribution in [2.45, 2.75) is 25.3 Å². The van der Waals surface area contributed by atoms with E-state index in [4.69, 9.17) is 15.9 Å². The molecule has 1 aliphatic rings. The third kappa shape index (κ3) is 3.20. The molecule has 3 N–H and O–H groups in total. The molecule has 0 aromatic carbocycles. The molecule has 1 fully saturated rings. The molecular weight excluding hydrogens is 228 g/mol. The fraction of sp³-hybridized carbons (Fsp3) is 0.538. The minimum Gasteiger partial charge on any atom is -0.478 e. The average molecular weight is 248 g/mol. The van der Waals surface area contributed by atoms with Gasteiger partial charge >= 0.3 is 0 Å². The highest BCUT2D eigenvalue weighted by atomic mass is 16.5. The molecule has 0 bridgehead atoms. The van der Waals surface area contributed by atoms with Crippen LogP contribution in [0.25, 0.3) is 0 Å². The highest BCUT2D eigenvalue weighted by Crippen LogP contribution is 2.18. The highest BCUT2D eigenvalue weighted by molar-refractivity contribution is 5.95. The van der Waals surface area contributed by atoms with Crippen molar-refractivity contribution >= 4 is 5.84 Å². The minimum absolute atomic E-state index is 0.0396. The van der Waals surface area contributed by atoms with Crippen molar-refractivity contribution in [2.24, 2.45) is 5.73 Å². The number of pyridine rings is 1. The van der Waals surface area contributed by atoms with Crippen molar-refractivity contribution < 1.29 is 4.74 Å². The molecule has 5 heteroatoms. The molecule has 0 aliphatic carbocycles. The van der Waals surface area contributed by atoms with E-state index in [0.717, 1.165) is 6.42 Å². The summed E-state index contributed by atoms with van der Waals surface area (Å²) in [5.74, 6) is 0.584. The molecule has 1 aromatic heterocycles. The number of nitrogen functional groups attached to an aromatic ring is 1. The number of amidine groups is 1. The van der Waals surface area contributed by atoms with Gasteiger partial charge in [-0.3, -0.25) is 5.41 Å². The van der Waals surface area contributed by atoms with E-state index in [1.165, 1.54) is 19.4 Å². The quantitative estimate of drug-likeness (QED) is 0.607.